The molecule has 1 aromatic heterocycles. The number of nitrogens with zero attached hydrogens (tertiary/aromatic N) is 1. The van der Waals surface area contributed by atoms with Crippen molar-refractivity contribution in [3.05, 3.63) is 40.1 Å². The lowest BCUT2D eigenvalue weighted by molar-refractivity contribution is -0.383. The van der Waals surface area contributed by atoms with Gasteiger partial charge in [0, 0.05) is 17.6 Å². The smallest absolute Gasteiger partial charge is 0.293 e. The van der Waals surface area contributed by atoms with Crippen molar-refractivity contribution in [3.8, 4) is 0 Å². The van der Waals surface area contributed by atoms with Crippen molar-refractivity contribution in [2.45, 2.75) is 38.5 Å². The molecule has 2 atom stereocenters. The Morgan fingerprint density at radius 3 is 2.95 bits per heavy atom. The Labute approximate surface area is 112 Å². The van der Waals surface area contributed by atoms with Crippen molar-refractivity contribution in [1.29, 1.82) is 0 Å². The van der Waals surface area contributed by atoms with Crippen LogP contribution >= 0.6 is 0 Å². The number of aromatic amines is 1. The van der Waals surface area contributed by atoms with Gasteiger partial charge >= 0.3 is 0 Å². The zero-order chi connectivity index (χ0) is 13.4. The summed E-state index contributed by atoms with van der Waals surface area (Å²) in [5.74, 6) is 1.29. The Morgan fingerprint density at radius 2 is 2.21 bits per heavy atom. The van der Waals surface area contributed by atoms with E-state index in [0.717, 1.165) is 11.3 Å². The number of H-pyrrole nitrogens is 1. The van der Waals surface area contributed by atoms with Gasteiger partial charge in [0.05, 0.1) is 4.92 Å². The normalized spacial score (nSPS) is 23.6. The van der Waals surface area contributed by atoms with Crippen molar-refractivity contribution in [1.82, 2.24) is 4.98 Å². The summed E-state index contributed by atoms with van der Waals surface area (Å²) < 4.78 is 0. The molecule has 100 valence electrons. The summed E-state index contributed by atoms with van der Waals surface area (Å²) in [4.78, 5) is 13.8. The van der Waals surface area contributed by atoms with Crippen molar-refractivity contribution in [3.63, 3.8) is 0 Å². The number of hydrogen-bond donors (Lipinski definition) is 1. The van der Waals surface area contributed by atoms with Crippen LogP contribution in [0.1, 0.15) is 44.1 Å². The molecule has 19 heavy (non-hydrogen) atoms. The molecule has 0 aliphatic heterocycles. The number of nitro benzene ring substituents is 1. The molecule has 1 fully saturated rings. The first-order chi connectivity index (χ1) is 9.16. The number of hydrogen-bond acceptors (Lipinski definition) is 2. The van der Waals surface area contributed by atoms with E-state index in [2.05, 4.69) is 11.9 Å². The third-order valence-electron chi connectivity index (χ3n) is 4.30. The first kappa shape index (κ1) is 12.2. The lowest BCUT2D eigenvalue weighted by atomic mass is 9.79. The summed E-state index contributed by atoms with van der Waals surface area (Å²) in [7, 11) is 0. The molecule has 0 bridgehead atoms. The van der Waals surface area contributed by atoms with Crippen LogP contribution < -0.4 is 0 Å². The lowest BCUT2D eigenvalue weighted by Gasteiger charge is -2.26. The second-order valence-electron chi connectivity index (χ2n) is 5.67. The molecule has 4 heteroatoms. The van der Waals surface area contributed by atoms with E-state index in [1.165, 1.54) is 31.2 Å². The molecule has 0 spiro atoms. The van der Waals surface area contributed by atoms with Gasteiger partial charge in [0.2, 0.25) is 0 Å². The minimum absolute atomic E-state index is 0.174. The highest BCUT2D eigenvalue weighted by molar-refractivity contribution is 5.90. The average Bonchev–Trinajstić information content (AvgIpc) is 2.82. The largest absolute Gasteiger partial charge is 0.355 e. The summed E-state index contributed by atoms with van der Waals surface area (Å²) in [6.07, 6.45) is 6.92. The van der Waals surface area contributed by atoms with Crippen molar-refractivity contribution in [2.75, 3.05) is 0 Å². The molecular weight excluding hydrogens is 240 g/mol. The second kappa shape index (κ2) is 4.68. The van der Waals surface area contributed by atoms with Crippen LogP contribution in [0.5, 0.6) is 0 Å². The van der Waals surface area contributed by atoms with Gasteiger partial charge in [0.1, 0.15) is 5.52 Å². The molecule has 1 aliphatic rings. The zero-order valence-corrected chi connectivity index (χ0v) is 11.1. The maximum atomic E-state index is 11.0. The van der Waals surface area contributed by atoms with E-state index in [1.54, 1.807) is 12.1 Å². The molecule has 1 saturated carbocycles. The lowest BCUT2D eigenvalue weighted by Crippen LogP contribution is -2.11. The Morgan fingerprint density at radius 1 is 1.37 bits per heavy atom. The number of benzene rings is 1. The number of aromatic nitrogens is 1. The van der Waals surface area contributed by atoms with Crippen LogP contribution in [-0.2, 0) is 0 Å². The molecule has 1 aromatic carbocycles. The Bertz CT molecular complexity index is 618. The quantitative estimate of drug-likeness (QED) is 0.642. The fraction of sp³-hybridized carbons (Fsp3) is 0.467. The number of rotatable bonds is 2. The molecule has 1 heterocycles. The van der Waals surface area contributed by atoms with E-state index in [1.807, 2.05) is 12.3 Å². The Hall–Kier alpha value is -1.84. The molecule has 2 aromatic rings. The highest BCUT2D eigenvalue weighted by atomic mass is 16.6. The van der Waals surface area contributed by atoms with E-state index < -0.39 is 0 Å². The summed E-state index contributed by atoms with van der Waals surface area (Å²) in [6.45, 7) is 2.30. The number of nitro groups is 1. The minimum atomic E-state index is -0.313. The topological polar surface area (TPSA) is 58.9 Å². The van der Waals surface area contributed by atoms with Gasteiger partial charge in [-0.25, -0.2) is 0 Å². The fourth-order valence-corrected chi connectivity index (χ4v) is 3.37. The van der Waals surface area contributed by atoms with Crippen LogP contribution in [0.3, 0.4) is 0 Å². The maximum absolute atomic E-state index is 11.0. The van der Waals surface area contributed by atoms with Crippen LogP contribution in [0, 0.1) is 16.0 Å². The van der Waals surface area contributed by atoms with Gasteiger partial charge in [-0.15, -0.1) is 0 Å². The molecule has 0 radical (unpaired) electrons. The zero-order valence-electron chi connectivity index (χ0n) is 11.1. The molecular formula is C15H18N2O2. The number of non-ortho nitro benzene ring substituents is 1. The third kappa shape index (κ3) is 2.11. The van der Waals surface area contributed by atoms with Crippen molar-refractivity contribution in [2.24, 2.45) is 5.92 Å². The van der Waals surface area contributed by atoms with Gasteiger partial charge < -0.3 is 4.98 Å². The molecule has 1 aliphatic carbocycles. The van der Waals surface area contributed by atoms with Crippen LogP contribution in [0.2, 0.25) is 0 Å². The number of para-hydroxylation sites is 1. The molecule has 2 unspecified atom stereocenters. The van der Waals surface area contributed by atoms with Gasteiger partial charge in [0.15, 0.2) is 0 Å². The van der Waals surface area contributed by atoms with E-state index >= 15 is 0 Å². The standard InChI is InChI=1S/C15H18N2O2/c1-10-4-2-5-11(8-10)13-9-16-15-12(13)6-3-7-14(15)17(18)19/h3,6-7,9-11,16H,2,4-5,8H2,1H3. The number of fused-ring (bicyclic) bond motifs is 1. The number of nitrogens with one attached hydrogen (secondary N) is 1. The molecule has 0 amide bonds. The van der Waals surface area contributed by atoms with E-state index in [0.29, 0.717) is 11.4 Å². The maximum Gasteiger partial charge on any atom is 0.293 e. The van der Waals surface area contributed by atoms with Gasteiger partial charge in [0.25, 0.3) is 5.69 Å². The summed E-state index contributed by atoms with van der Waals surface area (Å²) >= 11 is 0. The fourth-order valence-electron chi connectivity index (χ4n) is 3.37. The van der Waals surface area contributed by atoms with Gasteiger partial charge in [-0.3, -0.25) is 10.1 Å². The van der Waals surface area contributed by atoms with Crippen LogP contribution in [-0.4, -0.2) is 9.91 Å². The van der Waals surface area contributed by atoms with Gasteiger partial charge in [-0.1, -0.05) is 31.9 Å². The van der Waals surface area contributed by atoms with E-state index in [-0.39, 0.29) is 10.6 Å². The molecule has 1 N–H and O–H groups in total. The average molecular weight is 258 g/mol. The van der Waals surface area contributed by atoms with Crippen molar-refractivity contribution >= 4 is 16.6 Å². The SMILES string of the molecule is CC1CCCC(c2c[nH]c3c([N+](=O)[O-])cccc23)C1. The van der Waals surface area contributed by atoms with E-state index in [4.69, 9.17) is 0 Å². The first-order valence-corrected chi connectivity index (χ1v) is 6.91. The Kier molecular flexibility index (Phi) is 3.01. The minimum Gasteiger partial charge on any atom is -0.355 e. The highest BCUT2D eigenvalue weighted by Crippen LogP contribution is 2.40. The summed E-state index contributed by atoms with van der Waals surface area (Å²) in [5, 5.41) is 12.1. The highest BCUT2D eigenvalue weighted by Gasteiger charge is 2.24. The predicted molar refractivity (Wildman–Crippen MR) is 75.3 cm³/mol. The van der Waals surface area contributed by atoms with Crippen LogP contribution in [0.25, 0.3) is 10.9 Å². The molecule has 0 saturated heterocycles. The first-order valence-electron chi connectivity index (χ1n) is 6.91. The van der Waals surface area contributed by atoms with E-state index in [9.17, 15) is 10.1 Å². The Balaban J connectivity index is 2.05. The van der Waals surface area contributed by atoms with Gasteiger partial charge in [-0.2, -0.15) is 0 Å². The summed E-state index contributed by atoms with van der Waals surface area (Å²) in [6, 6.07) is 5.34. The van der Waals surface area contributed by atoms with Crippen molar-refractivity contribution < 1.29 is 4.92 Å². The van der Waals surface area contributed by atoms with Crippen LogP contribution in [0.15, 0.2) is 24.4 Å². The predicted octanol–water partition coefficient (Wildman–Crippen LogP) is 4.37. The third-order valence-corrected chi connectivity index (χ3v) is 4.30. The van der Waals surface area contributed by atoms with Gasteiger partial charge in [-0.05, 0) is 30.2 Å². The van der Waals surface area contributed by atoms with Crippen LogP contribution in [0.4, 0.5) is 5.69 Å². The monoisotopic (exact) mass is 258 g/mol. The summed E-state index contributed by atoms with van der Waals surface area (Å²) in [5.41, 5.74) is 2.10. The molecule has 3 rings (SSSR count). The second-order valence-corrected chi connectivity index (χ2v) is 5.67. The molecule has 4 nitrogen and oxygen atoms in total.